The molecule has 4 nitrogen and oxygen atoms in total. The summed E-state index contributed by atoms with van der Waals surface area (Å²) in [7, 11) is 0. The van der Waals surface area contributed by atoms with Crippen molar-refractivity contribution >= 4 is 22.4 Å². The Morgan fingerprint density at radius 2 is 1.48 bits per heavy atom. The predicted molar refractivity (Wildman–Crippen MR) is 112 cm³/mol. The summed E-state index contributed by atoms with van der Waals surface area (Å²) in [6.07, 6.45) is -4.26. The Balaban J connectivity index is 1.68. The Hall–Kier alpha value is -3.32. The Bertz CT molecular complexity index is 1270. The van der Waals surface area contributed by atoms with Crippen LogP contribution in [-0.2, 0) is 13.0 Å². The van der Waals surface area contributed by atoms with Crippen LogP contribution in [0.3, 0.4) is 0 Å². The molecule has 158 valence electrons. The van der Waals surface area contributed by atoms with Crippen LogP contribution in [0.5, 0.6) is 5.75 Å². The Labute approximate surface area is 180 Å². The zero-order valence-electron chi connectivity index (χ0n) is 16.1. The highest BCUT2D eigenvalue weighted by Crippen LogP contribution is 2.23. The second-order valence-corrected chi connectivity index (χ2v) is 7.39. The first-order valence-electron chi connectivity index (χ1n) is 9.36. The monoisotopic (exact) mass is 444 g/mol. The maximum Gasteiger partial charge on any atom is 0.573 e. The molecule has 0 unspecified atom stereocenters. The van der Waals surface area contributed by atoms with Crippen molar-refractivity contribution in [2.45, 2.75) is 19.3 Å². The summed E-state index contributed by atoms with van der Waals surface area (Å²) in [5.74, 6) is -0.321. The Morgan fingerprint density at radius 1 is 0.871 bits per heavy atom. The second kappa shape index (κ2) is 8.43. The summed E-state index contributed by atoms with van der Waals surface area (Å²) >= 11 is 5.96. The molecule has 0 aliphatic carbocycles. The lowest BCUT2D eigenvalue weighted by molar-refractivity contribution is -0.274. The molecule has 3 aromatic carbocycles. The van der Waals surface area contributed by atoms with Crippen LogP contribution in [0.1, 0.15) is 16.8 Å². The van der Waals surface area contributed by atoms with Crippen molar-refractivity contribution in [2.24, 2.45) is 0 Å². The van der Waals surface area contributed by atoms with E-state index in [1.54, 1.807) is 24.3 Å². The number of alkyl halides is 3. The fourth-order valence-corrected chi connectivity index (χ4v) is 3.43. The number of aromatic nitrogens is 2. The zero-order valence-corrected chi connectivity index (χ0v) is 16.8. The van der Waals surface area contributed by atoms with Gasteiger partial charge in [0.15, 0.2) is 0 Å². The minimum Gasteiger partial charge on any atom is -0.406 e. The predicted octanol–water partition coefficient (Wildman–Crippen LogP) is 5.59. The van der Waals surface area contributed by atoms with E-state index in [2.05, 4.69) is 9.84 Å². The van der Waals surface area contributed by atoms with E-state index in [0.29, 0.717) is 22.4 Å². The quantitative estimate of drug-likeness (QED) is 0.403. The molecule has 0 N–H and O–H groups in total. The van der Waals surface area contributed by atoms with Gasteiger partial charge in [-0.15, -0.1) is 13.2 Å². The molecule has 1 aromatic heterocycles. The van der Waals surface area contributed by atoms with Gasteiger partial charge in [-0.25, -0.2) is 4.68 Å². The molecule has 0 fully saturated rings. The van der Waals surface area contributed by atoms with Gasteiger partial charge < -0.3 is 4.74 Å². The van der Waals surface area contributed by atoms with E-state index >= 15 is 0 Å². The molecule has 1 heterocycles. The van der Waals surface area contributed by atoms with Crippen LogP contribution in [0.25, 0.3) is 10.8 Å². The van der Waals surface area contributed by atoms with Crippen molar-refractivity contribution in [1.29, 1.82) is 0 Å². The van der Waals surface area contributed by atoms with E-state index in [-0.39, 0.29) is 17.9 Å². The van der Waals surface area contributed by atoms with E-state index in [0.717, 1.165) is 16.6 Å². The minimum absolute atomic E-state index is 0.115. The molecular weight excluding hydrogens is 429 g/mol. The van der Waals surface area contributed by atoms with Crippen LogP contribution in [0.2, 0.25) is 5.02 Å². The van der Waals surface area contributed by atoms with Crippen LogP contribution < -0.4 is 10.3 Å². The third-order valence-corrected chi connectivity index (χ3v) is 4.97. The van der Waals surface area contributed by atoms with Gasteiger partial charge in [0.2, 0.25) is 0 Å². The average molecular weight is 445 g/mol. The number of nitrogens with zero attached hydrogens (tertiary/aromatic N) is 2. The molecule has 0 amide bonds. The summed E-state index contributed by atoms with van der Waals surface area (Å²) in [6, 6.07) is 20.0. The highest BCUT2D eigenvalue weighted by atomic mass is 35.5. The highest BCUT2D eigenvalue weighted by molar-refractivity contribution is 6.30. The molecule has 4 rings (SSSR count). The molecule has 4 aromatic rings. The van der Waals surface area contributed by atoms with E-state index in [1.807, 2.05) is 24.3 Å². The summed E-state index contributed by atoms with van der Waals surface area (Å²) in [4.78, 5) is 12.9. The van der Waals surface area contributed by atoms with Crippen molar-refractivity contribution in [1.82, 2.24) is 9.78 Å². The van der Waals surface area contributed by atoms with Gasteiger partial charge in [0.1, 0.15) is 5.75 Å². The maximum absolute atomic E-state index is 12.9. The average Bonchev–Trinajstić information content (AvgIpc) is 2.73. The molecule has 0 bridgehead atoms. The largest absolute Gasteiger partial charge is 0.573 e. The van der Waals surface area contributed by atoms with Crippen molar-refractivity contribution in [3.8, 4) is 5.75 Å². The molecule has 0 radical (unpaired) electrons. The first-order valence-corrected chi connectivity index (χ1v) is 9.74. The van der Waals surface area contributed by atoms with E-state index in [9.17, 15) is 18.0 Å². The lowest BCUT2D eigenvalue weighted by Gasteiger charge is -2.12. The van der Waals surface area contributed by atoms with E-state index in [1.165, 1.54) is 28.9 Å². The molecule has 8 heteroatoms. The fourth-order valence-electron chi connectivity index (χ4n) is 3.31. The summed E-state index contributed by atoms with van der Waals surface area (Å²) in [5, 5.41) is 6.47. The SMILES string of the molecule is O=c1c2ccccc2c(Cc2ccc(Cl)cc2)nn1Cc1ccc(OC(F)(F)F)cc1. The van der Waals surface area contributed by atoms with Gasteiger partial charge in [0.05, 0.1) is 17.6 Å². The topological polar surface area (TPSA) is 44.1 Å². The molecule has 0 aliphatic rings. The Morgan fingerprint density at radius 3 is 2.13 bits per heavy atom. The van der Waals surface area contributed by atoms with Gasteiger partial charge >= 0.3 is 6.36 Å². The van der Waals surface area contributed by atoms with Crippen LogP contribution in [0.4, 0.5) is 13.2 Å². The molecule has 0 aliphatic heterocycles. The van der Waals surface area contributed by atoms with E-state index < -0.39 is 6.36 Å². The summed E-state index contributed by atoms with van der Waals surface area (Å²) in [5.41, 5.74) is 2.05. The van der Waals surface area contributed by atoms with Crippen molar-refractivity contribution in [3.63, 3.8) is 0 Å². The van der Waals surface area contributed by atoms with Gasteiger partial charge in [-0.05, 0) is 41.5 Å². The molecule has 0 saturated heterocycles. The first-order chi connectivity index (χ1) is 14.8. The normalized spacial score (nSPS) is 11.6. The number of benzene rings is 3. The van der Waals surface area contributed by atoms with Gasteiger partial charge in [0.25, 0.3) is 5.56 Å². The number of hydrogen-bond donors (Lipinski definition) is 0. The first kappa shape index (κ1) is 20.9. The van der Waals surface area contributed by atoms with Gasteiger partial charge in [0, 0.05) is 16.8 Å². The van der Waals surface area contributed by atoms with Gasteiger partial charge in [-0.2, -0.15) is 5.10 Å². The second-order valence-electron chi connectivity index (χ2n) is 6.95. The smallest absolute Gasteiger partial charge is 0.406 e. The van der Waals surface area contributed by atoms with Crippen LogP contribution >= 0.6 is 11.6 Å². The lowest BCUT2D eigenvalue weighted by atomic mass is 10.0. The number of halogens is 4. The van der Waals surface area contributed by atoms with Gasteiger partial charge in [-0.1, -0.05) is 54.1 Å². The van der Waals surface area contributed by atoms with Crippen molar-refractivity contribution < 1.29 is 17.9 Å². The molecule has 0 atom stereocenters. The minimum atomic E-state index is -4.76. The number of hydrogen-bond acceptors (Lipinski definition) is 3. The van der Waals surface area contributed by atoms with Crippen LogP contribution in [-0.4, -0.2) is 16.1 Å². The molecular formula is C23H16ClF3N2O2. The maximum atomic E-state index is 12.9. The van der Waals surface area contributed by atoms with Crippen molar-refractivity contribution in [2.75, 3.05) is 0 Å². The van der Waals surface area contributed by atoms with Crippen LogP contribution in [0.15, 0.2) is 77.6 Å². The number of ether oxygens (including phenoxy) is 1. The molecule has 0 saturated carbocycles. The zero-order chi connectivity index (χ0) is 22.0. The van der Waals surface area contributed by atoms with Crippen molar-refractivity contribution in [3.05, 3.63) is 105 Å². The summed E-state index contributed by atoms with van der Waals surface area (Å²) < 4.78 is 42.3. The highest BCUT2D eigenvalue weighted by Gasteiger charge is 2.30. The number of fused-ring (bicyclic) bond motifs is 1. The fraction of sp³-hybridized carbons (Fsp3) is 0.130. The lowest BCUT2D eigenvalue weighted by Crippen LogP contribution is -2.25. The van der Waals surface area contributed by atoms with Gasteiger partial charge in [-0.3, -0.25) is 4.79 Å². The van der Waals surface area contributed by atoms with Crippen LogP contribution in [0, 0.1) is 0 Å². The van der Waals surface area contributed by atoms with E-state index in [4.69, 9.17) is 11.6 Å². The molecule has 0 spiro atoms. The third kappa shape index (κ3) is 5.06. The number of rotatable bonds is 5. The standard InChI is InChI=1S/C23H16ClF3N2O2/c24-17-9-5-15(6-10-17)13-21-19-3-1-2-4-20(19)22(30)29(28-21)14-16-7-11-18(12-8-16)31-23(25,26)27/h1-12H,13-14H2. The Kier molecular flexibility index (Phi) is 5.69. The third-order valence-electron chi connectivity index (χ3n) is 4.72. The summed E-state index contributed by atoms with van der Waals surface area (Å²) in [6.45, 7) is 0.115. The molecule has 31 heavy (non-hydrogen) atoms.